The normalized spacial score (nSPS) is 21.4. The summed E-state index contributed by atoms with van der Waals surface area (Å²) in [4.78, 5) is 22.7. The molecule has 3 aromatic heterocycles. The van der Waals surface area contributed by atoms with E-state index >= 15 is 4.39 Å². The Kier molecular flexibility index (Phi) is 4.23. The van der Waals surface area contributed by atoms with E-state index in [-0.39, 0.29) is 16.9 Å². The molecule has 2 fully saturated rings. The number of hydrogen-bond donors (Lipinski definition) is 2. The van der Waals surface area contributed by atoms with Gasteiger partial charge in [-0.1, -0.05) is 25.4 Å². The van der Waals surface area contributed by atoms with Crippen molar-refractivity contribution in [2.45, 2.75) is 26.4 Å². The lowest BCUT2D eigenvalue weighted by Gasteiger charge is -2.47. The summed E-state index contributed by atoms with van der Waals surface area (Å²) in [6.07, 6.45) is 5.52. The molecular weight excluding hydrogens is 452 g/mol. The Morgan fingerprint density at radius 2 is 2.06 bits per heavy atom. The summed E-state index contributed by atoms with van der Waals surface area (Å²) in [6, 6.07) is 0. The lowest BCUT2D eigenvalue weighted by molar-refractivity contribution is -0.117. The van der Waals surface area contributed by atoms with Crippen molar-refractivity contribution in [1.82, 2.24) is 24.6 Å². The monoisotopic (exact) mass is 471 g/mol. The van der Waals surface area contributed by atoms with Gasteiger partial charge in [0.15, 0.2) is 17.3 Å². The summed E-state index contributed by atoms with van der Waals surface area (Å²) < 4.78 is 30.3. The summed E-state index contributed by atoms with van der Waals surface area (Å²) in [5.41, 5.74) is 2.40. The zero-order valence-corrected chi connectivity index (χ0v) is 18.6. The number of fused-ring (bicyclic) bond motifs is 2. The zero-order valence-electron chi connectivity index (χ0n) is 17.9. The average molecular weight is 472 g/mol. The number of carbonyl (C=O) groups excluding carboxylic acids is 1. The van der Waals surface area contributed by atoms with Crippen LogP contribution < -0.4 is 10.2 Å². The van der Waals surface area contributed by atoms with Crippen LogP contribution in [0.25, 0.3) is 27.8 Å². The number of nitrogens with one attached hydrogen (secondary N) is 2. The van der Waals surface area contributed by atoms with Gasteiger partial charge in [0.1, 0.15) is 11.9 Å². The molecule has 6 rings (SSSR count). The number of aromatic nitrogens is 5. The molecule has 1 aromatic carbocycles. The van der Waals surface area contributed by atoms with Crippen molar-refractivity contribution in [2.24, 2.45) is 11.3 Å². The molecule has 0 bridgehead atoms. The largest absolute Gasteiger partial charge is 0.366 e. The molecule has 1 saturated carbocycles. The molecule has 2 aliphatic rings. The Labute approximate surface area is 192 Å². The van der Waals surface area contributed by atoms with E-state index in [0.717, 1.165) is 0 Å². The number of H-pyrrole nitrogens is 1. The molecule has 1 saturated heterocycles. The van der Waals surface area contributed by atoms with Gasteiger partial charge in [-0.2, -0.15) is 5.10 Å². The van der Waals surface area contributed by atoms with Crippen LogP contribution in [0.4, 0.5) is 20.3 Å². The molecule has 11 heteroatoms. The minimum atomic E-state index is -1.09. The highest BCUT2D eigenvalue weighted by atomic mass is 35.5. The number of hydrogen-bond acceptors (Lipinski definition) is 5. The molecule has 2 atom stereocenters. The fourth-order valence-electron chi connectivity index (χ4n) is 4.53. The van der Waals surface area contributed by atoms with E-state index in [9.17, 15) is 9.18 Å². The van der Waals surface area contributed by atoms with Crippen molar-refractivity contribution in [1.29, 1.82) is 0 Å². The van der Waals surface area contributed by atoms with Crippen LogP contribution in [0.3, 0.4) is 0 Å². The summed E-state index contributed by atoms with van der Waals surface area (Å²) in [7, 11) is 0. The predicted octanol–water partition coefficient (Wildman–Crippen LogP) is 4.21. The van der Waals surface area contributed by atoms with Crippen molar-refractivity contribution in [3.05, 3.63) is 35.6 Å². The maximum absolute atomic E-state index is 15.5. The van der Waals surface area contributed by atoms with Gasteiger partial charge in [-0.25, -0.2) is 13.8 Å². The highest BCUT2D eigenvalue weighted by Crippen LogP contribution is 2.45. The first-order valence-electron chi connectivity index (χ1n) is 10.6. The molecule has 4 heterocycles. The molecule has 2 unspecified atom stereocenters. The second-order valence-electron chi connectivity index (χ2n) is 9.54. The van der Waals surface area contributed by atoms with E-state index in [1.54, 1.807) is 23.0 Å². The van der Waals surface area contributed by atoms with Gasteiger partial charge < -0.3 is 14.6 Å². The number of amides is 1. The minimum absolute atomic E-state index is 0.0354. The van der Waals surface area contributed by atoms with Crippen molar-refractivity contribution < 1.29 is 13.6 Å². The number of carbonyl (C=O) groups is 1. The van der Waals surface area contributed by atoms with Crippen LogP contribution in [0.15, 0.2) is 24.8 Å². The van der Waals surface area contributed by atoms with Crippen LogP contribution in [-0.4, -0.2) is 49.7 Å². The van der Waals surface area contributed by atoms with Crippen LogP contribution in [0.2, 0.25) is 5.02 Å². The van der Waals surface area contributed by atoms with E-state index in [1.807, 2.05) is 4.90 Å². The van der Waals surface area contributed by atoms with E-state index < -0.39 is 23.8 Å². The first kappa shape index (κ1) is 20.3. The van der Waals surface area contributed by atoms with Gasteiger partial charge in [-0.3, -0.25) is 14.9 Å². The number of anilines is 2. The van der Waals surface area contributed by atoms with Crippen molar-refractivity contribution in [3.8, 4) is 11.3 Å². The molecule has 4 aromatic rings. The van der Waals surface area contributed by atoms with Crippen LogP contribution in [0, 0.1) is 17.2 Å². The van der Waals surface area contributed by atoms with Crippen LogP contribution in [-0.2, 0) is 4.79 Å². The van der Waals surface area contributed by atoms with E-state index in [4.69, 9.17) is 11.6 Å². The number of halogens is 3. The molecule has 8 nitrogen and oxygen atoms in total. The molecule has 33 heavy (non-hydrogen) atoms. The lowest BCUT2D eigenvalue weighted by atomic mass is 9.83. The first-order chi connectivity index (χ1) is 15.7. The molecule has 1 aliphatic heterocycles. The Morgan fingerprint density at radius 1 is 1.30 bits per heavy atom. The second-order valence-corrected chi connectivity index (χ2v) is 9.92. The summed E-state index contributed by atoms with van der Waals surface area (Å²) in [5.74, 6) is -1.24. The van der Waals surface area contributed by atoms with E-state index in [2.05, 4.69) is 39.3 Å². The minimum Gasteiger partial charge on any atom is -0.366 e. The Bertz CT molecular complexity index is 1440. The Morgan fingerprint density at radius 3 is 2.76 bits per heavy atom. The van der Waals surface area contributed by atoms with Crippen LogP contribution in [0.5, 0.6) is 0 Å². The summed E-state index contributed by atoms with van der Waals surface area (Å²) >= 11 is 6.54. The molecule has 1 amide bonds. The average Bonchev–Trinajstić information content (AvgIpc) is 3.11. The third kappa shape index (κ3) is 3.23. The number of rotatable bonds is 4. The highest BCUT2D eigenvalue weighted by molar-refractivity contribution is 6.36. The molecule has 0 spiro atoms. The molecule has 0 radical (unpaired) electrons. The van der Waals surface area contributed by atoms with Gasteiger partial charge in [0, 0.05) is 30.2 Å². The topological polar surface area (TPSA) is 91.2 Å². The Balaban J connectivity index is 1.40. The van der Waals surface area contributed by atoms with Gasteiger partial charge >= 0.3 is 0 Å². The van der Waals surface area contributed by atoms with E-state index in [0.29, 0.717) is 52.4 Å². The standard InChI is InChI=1S/C22H20ClF2N7O/c1-22(2)8-32(9-22)20-18(25)17(23)16(11-4-27-30-19(11)20)13-6-31-7-14(28-15(31)5-26-13)29-21(33)10-3-12(10)24/h4-7,10,12H,3,8-9H2,1-2H3,(H,27,30)(H,29,33). The smallest absolute Gasteiger partial charge is 0.231 e. The summed E-state index contributed by atoms with van der Waals surface area (Å²) in [6.45, 7) is 5.68. The third-order valence-corrected chi connectivity index (χ3v) is 6.57. The van der Waals surface area contributed by atoms with Crippen LogP contribution in [0.1, 0.15) is 20.3 Å². The van der Waals surface area contributed by atoms with Crippen molar-refractivity contribution >= 4 is 45.6 Å². The van der Waals surface area contributed by atoms with Crippen molar-refractivity contribution in [2.75, 3.05) is 23.3 Å². The van der Waals surface area contributed by atoms with Crippen LogP contribution >= 0.6 is 11.6 Å². The van der Waals surface area contributed by atoms with Gasteiger partial charge in [-0.15, -0.1) is 0 Å². The number of imidazole rings is 1. The van der Waals surface area contributed by atoms with Gasteiger partial charge in [-0.05, 0) is 11.8 Å². The molecule has 1 aliphatic carbocycles. The highest BCUT2D eigenvalue weighted by Gasteiger charge is 2.44. The molecule has 170 valence electrons. The quantitative estimate of drug-likeness (QED) is 0.465. The number of aromatic amines is 1. The first-order valence-corrected chi connectivity index (χ1v) is 11.0. The zero-order chi connectivity index (χ0) is 23.1. The summed E-state index contributed by atoms with van der Waals surface area (Å²) in [5, 5.41) is 10.3. The van der Waals surface area contributed by atoms with Gasteiger partial charge in [0.05, 0.1) is 40.7 Å². The number of nitrogens with zero attached hydrogens (tertiary/aromatic N) is 5. The number of alkyl halides is 1. The maximum Gasteiger partial charge on any atom is 0.231 e. The molecular formula is C22H20ClF2N7O. The van der Waals surface area contributed by atoms with Gasteiger partial charge in [0.25, 0.3) is 0 Å². The second kappa shape index (κ2) is 6.86. The number of benzene rings is 1. The third-order valence-electron chi connectivity index (χ3n) is 6.22. The van der Waals surface area contributed by atoms with E-state index in [1.165, 1.54) is 6.20 Å². The lowest BCUT2D eigenvalue weighted by Crippen LogP contribution is -2.53. The van der Waals surface area contributed by atoms with Crippen molar-refractivity contribution in [3.63, 3.8) is 0 Å². The molecule has 2 N–H and O–H groups in total. The van der Waals surface area contributed by atoms with Gasteiger partial charge in [0.2, 0.25) is 5.91 Å². The Hall–Kier alpha value is -3.27. The fraction of sp³-hybridized carbons (Fsp3) is 0.364. The SMILES string of the molecule is CC1(C)CN(c2c(F)c(Cl)c(-c3cn4cc(NC(=O)C5CC5F)nc4cn3)c3cn[nH]c23)C1. The maximum atomic E-state index is 15.5. The fourth-order valence-corrected chi connectivity index (χ4v) is 4.82. The predicted molar refractivity (Wildman–Crippen MR) is 121 cm³/mol.